The second kappa shape index (κ2) is 9.46. The van der Waals surface area contributed by atoms with Gasteiger partial charge in [-0.1, -0.05) is 57.0 Å². The molecule has 0 saturated carbocycles. The molecule has 0 aliphatic heterocycles. The van der Waals surface area contributed by atoms with Crippen molar-refractivity contribution >= 4 is 12.6 Å². The summed E-state index contributed by atoms with van der Waals surface area (Å²) in [6.07, 6.45) is 6.23. The van der Waals surface area contributed by atoms with Crippen LogP contribution in [-0.4, -0.2) is 30.8 Å². The predicted octanol–water partition coefficient (Wildman–Crippen LogP) is 4.68. The fourth-order valence-electron chi connectivity index (χ4n) is 3.17. The number of rotatable bonds is 10. The Morgan fingerprint density at radius 2 is 1.65 bits per heavy atom. The maximum absolute atomic E-state index is 4.66. The number of benzene rings is 1. The summed E-state index contributed by atoms with van der Waals surface area (Å²) in [4.78, 5) is 2.49. The van der Waals surface area contributed by atoms with E-state index in [0.717, 1.165) is 18.7 Å². The van der Waals surface area contributed by atoms with Crippen LogP contribution in [0, 0.1) is 5.41 Å². The standard InChI is InChI=1S/C18H31NS/c1-4-12-18(16-20,13-5-2)15-19(3)14-11-17-9-7-6-8-10-17/h6-10,20H,4-5,11-16H2,1-3H3. The second-order valence-electron chi connectivity index (χ2n) is 6.13. The summed E-state index contributed by atoms with van der Waals surface area (Å²) in [6, 6.07) is 10.8. The van der Waals surface area contributed by atoms with Crippen molar-refractivity contribution in [2.75, 3.05) is 25.9 Å². The van der Waals surface area contributed by atoms with Gasteiger partial charge in [0.15, 0.2) is 0 Å². The molecule has 1 aromatic carbocycles. The van der Waals surface area contributed by atoms with Crippen molar-refractivity contribution in [1.29, 1.82) is 0 Å². The first-order valence-corrected chi connectivity index (χ1v) is 8.62. The summed E-state index contributed by atoms with van der Waals surface area (Å²) in [7, 11) is 2.26. The summed E-state index contributed by atoms with van der Waals surface area (Å²) in [5.74, 6) is 1.00. The number of hydrogen-bond acceptors (Lipinski definition) is 2. The molecular weight excluding hydrogens is 262 g/mol. The Morgan fingerprint density at radius 3 is 2.15 bits per heavy atom. The van der Waals surface area contributed by atoms with Crippen LogP contribution < -0.4 is 0 Å². The van der Waals surface area contributed by atoms with Crippen LogP contribution >= 0.6 is 12.6 Å². The van der Waals surface area contributed by atoms with Gasteiger partial charge in [0.05, 0.1) is 0 Å². The molecular formula is C18H31NS. The molecule has 1 aromatic rings. The van der Waals surface area contributed by atoms with Gasteiger partial charge in [-0.05, 0) is 43.0 Å². The van der Waals surface area contributed by atoms with E-state index >= 15 is 0 Å². The fourth-order valence-corrected chi connectivity index (χ4v) is 3.58. The van der Waals surface area contributed by atoms with E-state index in [2.05, 4.69) is 68.8 Å². The Hall–Kier alpha value is -0.470. The Balaban J connectivity index is 2.50. The van der Waals surface area contributed by atoms with Gasteiger partial charge in [0.2, 0.25) is 0 Å². The van der Waals surface area contributed by atoms with Crippen molar-refractivity contribution in [3.63, 3.8) is 0 Å². The van der Waals surface area contributed by atoms with Crippen LogP contribution in [-0.2, 0) is 6.42 Å². The van der Waals surface area contributed by atoms with Crippen molar-refractivity contribution in [2.24, 2.45) is 5.41 Å². The third-order valence-corrected chi connectivity index (χ3v) is 4.80. The number of nitrogens with zero attached hydrogens (tertiary/aromatic N) is 1. The lowest BCUT2D eigenvalue weighted by molar-refractivity contribution is 0.171. The highest BCUT2D eigenvalue weighted by molar-refractivity contribution is 7.80. The van der Waals surface area contributed by atoms with Crippen molar-refractivity contribution in [2.45, 2.75) is 46.0 Å². The highest BCUT2D eigenvalue weighted by Gasteiger charge is 2.28. The molecule has 20 heavy (non-hydrogen) atoms. The zero-order valence-corrected chi connectivity index (χ0v) is 14.3. The third-order valence-electron chi connectivity index (χ3n) is 4.13. The predicted molar refractivity (Wildman–Crippen MR) is 93.7 cm³/mol. The first-order chi connectivity index (χ1) is 9.65. The molecule has 0 heterocycles. The number of thiol groups is 1. The molecule has 2 heteroatoms. The summed E-state index contributed by atoms with van der Waals surface area (Å²) in [5.41, 5.74) is 1.83. The maximum Gasteiger partial charge on any atom is 0.00429 e. The summed E-state index contributed by atoms with van der Waals surface area (Å²) in [5, 5.41) is 0. The summed E-state index contributed by atoms with van der Waals surface area (Å²) < 4.78 is 0. The number of likely N-dealkylation sites (N-methyl/N-ethyl adjacent to an activating group) is 1. The highest BCUT2D eigenvalue weighted by atomic mass is 32.1. The lowest BCUT2D eigenvalue weighted by Gasteiger charge is -2.36. The molecule has 0 N–H and O–H groups in total. The average Bonchev–Trinajstić information content (AvgIpc) is 2.46. The molecule has 0 bridgehead atoms. The number of hydrogen-bond donors (Lipinski definition) is 1. The lowest BCUT2D eigenvalue weighted by atomic mass is 9.80. The minimum absolute atomic E-state index is 0.401. The van der Waals surface area contributed by atoms with E-state index in [4.69, 9.17) is 0 Å². The van der Waals surface area contributed by atoms with Crippen molar-refractivity contribution < 1.29 is 0 Å². The quantitative estimate of drug-likeness (QED) is 0.613. The van der Waals surface area contributed by atoms with E-state index in [1.165, 1.54) is 37.8 Å². The molecule has 0 aromatic heterocycles. The fraction of sp³-hybridized carbons (Fsp3) is 0.667. The zero-order valence-electron chi connectivity index (χ0n) is 13.4. The highest BCUT2D eigenvalue weighted by Crippen LogP contribution is 2.32. The van der Waals surface area contributed by atoms with Crippen molar-refractivity contribution in [1.82, 2.24) is 4.90 Å². The van der Waals surface area contributed by atoms with Crippen LogP contribution in [0.2, 0.25) is 0 Å². The van der Waals surface area contributed by atoms with Gasteiger partial charge >= 0.3 is 0 Å². The van der Waals surface area contributed by atoms with Crippen LogP contribution in [0.1, 0.15) is 45.1 Å². The largest absolute Gasteiger partial charge is 0.305 e. The Kier molecular flexibility index (Phi) is 8.32. The van der Waals surface area contributed by atoms with Crippen LogP contribution in [0.3, 0.4) is 0 Å². The third kappa shape index (κ3) is 5.88. The van der Waals surface area contributed by atoms with E-state index in [1.807, 2.05) is 0 Å². The molecule has 114 valence electrons. The van der Waals surface area contributed by atoms with Gasteiger partial charge in [-0.3, -0.25) is 0 Å². The first-order valence-electron chi connectivity index (χ1n) is 7.99. The molecule has 0 fully saturated rings. The van der Waals surface area contributed by atoms with Crippen molar-refractivity contribution in [3.05, 3.63) is 35.9 Å². The lowest BCUT2D eigenvalue weighted by Crippen LogP contribution is -2.38. The van der Waals surface area contributed by atoms with Crippen LogP contribution in [0.15, 0.2) is 30.3 Å². The van der Waals surface area contributed by atoms with Crippen LogP contribution in [0.4, 0.5) is 0 Å². The molecule has 0 unspecified atom stereocenters. The van der Waals surface area contributed by atoms with Gasteiger partial charge < -0.3 is 4.90 Å². The zero-order chi connectivity index (χ0) is 14.8. The van der Waals surface area contributed by atoms with Gasteiger partial charge in [-0.25, -0.2) is 0 Å². The van der Waals surface area contributed by atoms with E-state index < -0.39 is 0 Å². The van der Waals surface area contributed by atoms with E-state index in [1.54, 1.807) is 0 Å². The minimum atomic E-state index is 0.401. The normalized spacial score (nSPS) is 12.1. The molecule has 1 rings (SSSR count). The Labute approximate surface area is 131 Å². The first kappa shape index (κ1) is 17.6. The molecule has 0 aliphatic carbocycles. The van der Waals surface area contributed by atoms with Crippen LogP contribution in [0.5, 0.6) is 0 Å². The SMILES string of the molecule is CCCC(CS)(CCC)CN(C)CCc1ccccc1. The van der Waals surface area contributed by atoms with Gasteiger partial charge in [-0.2, -0.15) is 12.6 Å². The average molecular weight is 294 g/mol. The second-order valence-corrected chi connectivity index (χ2v) is 6.45. The van der Waals surface area contributed by atoms with Gasteiger partial charge in [0.25, 0.3) is 0 Å². The molecule has 0 spiro atoms. The van der Waals surface area contributed by atoms with E-state index in [0.29, 0.717) is 5.41 Å². The molecule has 0 saturated heterocycles. The monoisotopic (exact) mass is 293 g/mol. The summed E-state index contributed by atoms with van der Waals surface area (Å²) in [6.45, 7) is 6.88. The minimum Gasteiger partial charge on any atom is -0.305 e. The Morgan fingerprint density at radius 1 is 1.05 bits per heavy atom. The van der Waals surface area contributed by atoms with Crippen molar-refractivity contribution in [3.8, 4) is 0 Å². The molecule has 0 aliphatic rings. The molecule has 1 nitrogen and oxygen atoms in total. The van der Waals surface area contributed by atoms with Gasteiger partial charge in [0, 0.05) is 13.1 Å². The molecule has 0 amide bonds. The summed E-state index contributed by atoms with van der Waals surface area (Å²) >= 11 is 4.66. The van der Waals surface area contributed by atoms with E-state index in [9.17, 15) is 0 Å². The Bertz CT molecular complexity index is 344. The van der Waals surface area contributed by atoms with E-state index in [-0.39, 0.29) is 0 Å². The van der Waals surface area contributed by atoms with Gasteiger partial charge in [0.1, 0.15) is 0 Å². The van der Waals surface area contributed by atoms with Gasteiger partial charge in [-0.15, -0.1) is 0 Å². The molecule has 0 atom stereocenters. The molecule has 0 radical (unpaired) electrons. The van der Waals surface area contributed by atoms with Crippen LogP contribution in [0.25, 0.3) is 0 Å². The maximum atomic E-state index is 4.66. The smallest absolute Gasteiger partial charge is 0.00429 e. The topological polar surface area (TPSA) is 3.24 Å².